The Hall–Kier alpha value is -3.23. The normalized spacial score (nSPS) is 18.6. The van der Waals surface area contributed by atoms with Gasteiger partial charge in [0.2, 0.25) is 6.79 Å². The zero-order valence-electron chi connectivity index (χ0n) is 19.0. The highest BCUT2D eigenvalue weighted by Gasteiger charge is 2.36. The van der Waals surface area contributed by atoms with Crippen molar-refractivity contribution in [1.29, 1.82) is 0 Å². The van der Waals surface area contributed by atoms with Gasteiger partial charge in [-0.25, -0.2) is 0 Å². The molecule has 8 heteroatoms. The van der Waals surface area contributed by atoms with Crippen molar-refractivity contribution in [3.05, 3.63) is 76.3 Å². The Kier molecular flexibility index (Phi) is 4.97. The van der Waals surface area contributed by atoms with E-state index in [1.165, 1.54) is 18.2 Å². The average molecular weight is 480 g/mol. The van der Waals surface area contributed by atoms with Gasteiger partial charge in [0, 0.05) is 24.7 Å². The molecule has 1 unspecified atom stereocenters. The predicted octanol–water partition coefficient (Wildman–Crippen LogP) is 4.16. The van der Waals surface area contributed by atoms with Gasteiger partial charge in [-0.15, -0.1) is 0 Å². The molecule has 0 aromatic heterocycles. The van der Waals surface area contributed by atoms with Crippen LogP contribution in [0.3, 0.4) is 0 Å². The molecule has 3 aromatic rings. The maximum atomic E-state index is 13.1. The summed E-state index contributed by atoms with van der Waals surface area (Å²) in [7, 11) is -2.49. The Labute approximate surface area is 198 Å². The van der Waals surface area contributed by atoms with Crippen LogP contribution in [0.4, 0.5) is 0 Å². The Morgan fingerprint density at radius 3 is 2.65 bits per heavy atom. The van der Waals surface area contributed by atoms with E-state index in [1.54, 1.807) is 24.3 Å². The summed E-state index contributed by atoms with van der Waals surface area (Å²) in [6.07, 6.45) is 1.63. The first kappa shape index (κ1) is 21.3. The molecule has 0 spiro atoms. The number of rotatable bonds is 4. The SMILES string of the molecule is COc1ccc2c(c1OS(=O)(=O)c1cccc(C)c1)CN1CCc3cc4c(cc3C1C2)OCO4. The highest BCUT2D eigenvalue weighted by Crippen LogP contribution is 2.47. The summed E-state index contributed by atoms with van der Waals surface area (Å²) in [5, 5.41) is 0. The fourth-order valence-corrected chi connectivity index (χ4v) is 6.25. The molecule has 3 aliphatic rings. The Bertz CT molecular complexity index is 1400. The largest absolute Gasteiger partial charge is 0.493 e. The number of fused-ring (bicyclic) bond motifs is 5. The molecule has 34 heavy (non-hydrogen) atoms. The molecule has 0 saturated carbocycles. The van der Waals surface area contributed by atoms with Crippen molar-refractivity contribution >= 4 is 10.1 Å². The van der Waals surface area contributed by atoms with Crippen molar-refractivity contribution in [3.8, 4) is 23.0 Å². The first-order chi connectivity index (χ1) is 16.4. The van der Waals surface area contributed by atoms with Crippen molar-refractivity contribution in [2.75, 3.05) is 20.4 Å². The second-order valence-corrected chi connectivity index (χ2v) is 10.5. The Balaban J connectivity index is 1.39. The van der Waals surface area contributed by atoms with Crippen molar-refractivity contribution in [2.24, 2.45) is 0 Å². The quantitative estimate of drug-likeness (QED) is 0.521. The third-order valence-electron chi connectivity index (χ3n) is 6.89. The lowest BCUT2D eigenvalue weighted by atomic mass is 9.83. The third kappa shape index (κ3) is 3.49. The van der Waals surface area contributed by atoms with E-state index in [9.17, 15) is 8.42 Å². The van der Waals surface area contributed by atoms with E-state index in [0.29, 0.717) is 12.3 Å². The Morgan fingerprint density at radius 1 is 1.03 bits per heavy atom. The molecule has 3 heterocycles. The van der Waals surface area contributed by atoms with Gasteiger partial charge < -0.3 is 18.4 Å². The highest BCUT2D eigenvalue weighted by molar-refractivity contribution is 7.87. The van der Waals surface area contributed by atoms with Crippen molar-refractivity contribution in [2.45, 2.75) is 37.2 Å². The highest BCUT2D eigenvalue weighted by atomic mass is 32.2. The van der Waals surface area contributed by atoms with E-state index in [0.717, 1.165) is 47.6 Å². The van der Waals surface area contributed by atoms with Gasteiger partial charge in [-0.2, -0.15) is 8.42 Å². The number of nitrogens with zero attached hydrogens (tertiary/aromatic N) is 1. The smallest absolute Gasteiger partial charge is 0.339 e. The van der Waals surface area contributed by atoms with E-state index in [1.807, 2.05) is 19.1 Å². The molecule has 7 nitrogen and oxygen atoms in total. The molecular formula is C26H25NO6S. The van der Waals surface area contributed by atoms with Gasteiger partial charge in [-0.1, -0.05) is 18.2 Å². The van der Waals surface area contributed by atoms with E-state index < -0.39 is 10.1 Å². The Morgan fingerprint density at radius 2 is 1.85 bits per heavy atom. The van der Waals surface area contributed by atoms with Crippen molar-refractivity contribution < 1.29 is 26.8 Å². The van der Waals surface area contributed by atoms with Crippen LogP contribution in [-0.2, 0) is 29.5 Å². The van der Waals surface area contributed by atoms with Gasteiger partial charge >= 0.3 is 10.1 Å². The molecule has 0 aliphatic carbocycles. The van der Waals surface area contributed by atoms with E-state index >= 15 is 0 Å². The topological polar surface area (TPSA) is 74.3 Å². The first-order valence-electron chi connectivity index (χ1n) is 11.3. The minimum atomic E-state index is -4.02. The molecule has 6 rings (SSSR count). The summed E-state index contributed by atoms with van der Waals surface area (Å²) in [4.78, 5) is 2.50. The second kappa shape index (κ2) is 7.92. The predicted molar refractivity (Wildman–Crippen MR) is 125 cm³/mol. The van der Waals surface area contributed by atoms with Crippen LogP contribution < -0.4 is 18.4 Å². The van der Waals surface area contributed by atoms with Crippen LogP contribution in [0.25, 0.3) is 0 Å². The fourth-order valence-electron chi connectivity index (χ4n) is 5.18. The minimum Gasteiger partial charge on any atom is -0.493 e. The van der Waals surface area contributed by atoms with Gasteiger partial charge in [-0.05, 0) is 72.4 Å². The molecule has 0 fully saturated rings. The molecule has 0 amide bonds. The van der Waals surface area contributed by atoms with Gasteiger partial charge in [0.1, 0.15) is 4.90 Å². The number of methoxy groups -OCH3 is 1. The van der Waals surface area contributed by atoms with E-state index in [4.69, 9.17) is 18.4 Å². The average Bonchev–Trinajstić information content (AvgIpc) is 3.29. The summed E-state index contributed by atoms with van der Waals surface area (Å²) in [6.45, 7) is 3.54. The van der Waals surface area contributed by atoms with Crippen LogP contribution in [0.15, 0.2) is 53.4 Å². The lowest BCUT2D eigenvalue weighted by molar-refractivity contribution is 0.159. The zero-order chi connectivity index (χ0) is 23.4. The third-order valence-corrected chi connectivity index (χ3v) is 8.11. The van der Waals surface area contributed by atoms with Crippen molar-refractivity contribution in [3.63, 3.8) is 0 Å². The molecule has 0 N–H and O–H groups in total. The lowest BCUT2D eigenvalue weighted by Crippen LogP contribution is -2.39. The lowest BCUT2D eigenvalue weighted by Gasteiger charge is -2.42. The van der Waals surface area contributed by atoms with Crippen LogP contribution in [0.1, 0.15) is 33.9 Å². The van der Waals surface area contributed by atoms with Crippen LogP contribution >= 0.6 is 0 Å². The van der Waals surface area contributed by atoms with Gasteiger partial charge in [0.25, 0.3) is 0 Å². The number of hydrogen-bond donors (Lipinski definition) is 0. The van der Waals surface area contributed by atoms with E-state index in [-0.39, 0.29) is 23.5 Å². The van der Waals surface area contributed by atoms with E-state index in [2.05, 4.69) is 17.0 Å². The number of hydrogen-bond acceptors (Lipinski definition) is 7. The summed E-state index contributed by atoms with van der Waals surface area (Å²) in [5.41, 5.74) is 5.29. The van der Waals surface area contributed by atoms with Gasteiger partial charge in [-0.3, -0.25) is 4.90 Å². The molecular weight excluding hydrogens is 454 g/mol. The molecule has 3 aliphatic heterocycles. The summed E-state index contributed by atoms with van der Waals surface area (Å²) in [5.74, 6) is 2.28. The number of aryl methyl sites for hydroxylation is 1. The zero-order valence-corrected chi connectivity index (χ0v) is 19.9. The van der Waals surface area contributed by atoms with Crippen LogP contribution in [-0.4, -0.2) is 33.8 Å². The first-order valence-corrected chi connectivity index (χ1v) is 12.7. The summed E-state index contributed by atoms with van der Waals surface area (Å²) >= 11 is 0. The number of benzene rings is 3. The summed E-state index contributed by atoms with van der Waals surface area (Å²) in [6, 6.07) is 14.9. The molecule has 3 aromatic carbocycles. The monoisotopic (exact) mass is 479 g/mol. The second-order valence-electron chi connectivity index (χ2n) is 8.93. The standard InChI is InChI=1S/C26H25NO6S/c1-16-4-3-5-19(10-16)34(28,29)33-26-21-14-27-9-8-18-12-24-25(32-15-31-24)13-20(18)22(27)11-17(21)6-7-23(26)30-2/h3-7,10,12-13,22H,8-9,11,14-15H2,1-2H3. The molecule has 176 valence electrons. The van der Waals surface area contributed by atoms with Crippen LogP contribution in [0.5, 0.6) is 23.0 Å². The summed E-state index contributed by atoms with van der Waals surface area (Å²) < 4.78 is 48.8. The van der Waals surface area contributed by atoms with Crippen LogP contribution in [0, 0.1) is 6.92 Å². The maximum absolute atomic E-state index is 13.1. The fraction of sp³-hybridized carbons (Fsp3) is 0.308. The van der Waals surface area contributed by atoms with Crippen molar-refractivity contribution in [1.82, 2.24) is 4.90 Å². The molecule has 0 bridgehead atoms. The minimum absolute atomic E-state index is 0.129. The number of ether oxygens (including phenoxy) is 3. The van der Waals surface area contributed by atoms with Gasteiger partial charge in [0.05, 0.1) is 7.11 Å². The maximum Gasteiger partial charge on any atom is 0.339 e. The molecule has 0 radical (unpaired) electrons. The van der Waals surface area contributed by atoms with Crippen LogP contribution in [0.2, 0.25) is 0 Å². The molecule has 1 atom stereocenters. The molecule has 0 saturated heterocycles. The van der Waals surface area contributed by atoms with Gasteiger partial charge in [0.15, 0.2) is 23.0 Å².